The van der Waals surface area contributed by atoms with Crippen LogP contribution in [0, 0.1) is 11.3 Å². The van der Waals surface area contributed by atoms with E-state index < -0.39 is 0 Å². The summed E-state index contributed by atoms with van der Waals surface area (Å²) in [6.45, 7) is 0. The Morgan fingerprint density at radius 3 is 2.42 bits per heavy atom. The van der Waals surface area contributed by atoms with Crippen LogP contribution in [0.3, 0.4) is 0 Å². The Morgan fingerprint density at radius 1 is 1.00 bits per heavy atom. The molecule has 92 valence electrons. The van der Waals surface area contributed by atoms with Crippen LogP contribution in [-0.2, 0) is 6.42 Å². The van der Waals surface area contributed by atoms with Gasteiger partial charge >= 0.3 is 0 Å². The zero-order valence-corrected chi connectivity index (χ0v) is 10.1. The van der Waals surface area contributed by atoms with Crippen LogP contribution in [0.15, 0.2) is 36.4 Å². The second-order valence-corrected chi connectivity index (χ2v) is 4.57. The summed E-state index contributed by atoms with van der Waals surface area (Å²) in [4.78, 5) is 0. The minimum atomic E-state index is 0.110. The Bertz CT molecular complexity index is 722. The lowest BCUT2D eigenvalue weighted by Gasteiger charge is -2.04. The number of rotatable bonds is 1. The van der Waals surface area contributed by atoms with Crippen molar-refractivity contribution in [3.8, 4) is 17.6 Å². The van der Waals surface area contributed by atoms with Gasteiger partial charge in [0.15, 0.2) is 0 Å². The normalized spacial score (nSPS) is 12.7. The van der Waals surface area contributed by atoms with E-state index in [1.54, 1.807) is 18.2 Å². The number of aromatic hydroxyl groups is 2. The molecule has 0 saturated heterocycles. The molecule has 3 heteroatoms. The zero-order chi connectivity index (χ0) is 13.4. The smallest absolute Gasteiger partial charge is 0.117 e. The first kappa shape index (κ1) is 11.4. The minimum Gasteiger partial charge on any atom is -0.508 e. The first-order chi connectivity index (χ1) is 9.17. The van der Waals surface area contributed by atoms with Crippen molar-refractivity contribution < 1.29 is 10.2 Å². The molecule has 0 bridgehead atoms. The van der Waals surface area contributed by atoms with Gasteiger partial charge in [-0.3, -0.25) is 0 Å². The number of allylic oxidation sites excluding steroid dienone is 1. The third-order valence-electron chi connectivity index (χ3n) is 3.32. The molecule has 0 unspecified atom stereocenters. The highest BCUT2D eigenvalue weighted by molar-refractivity contribution is 5.90. The maximum atomic E-state index is 9.59. The summed E-state index contributed by atoms with van der Waals surface area (Å²) in [7, 11) is 0. The van der Waals surface area contributed by atoms with Gasteiger partial charge in [0.2, 0.25) is 0 Å². The van der Waals surface area contributed by atoms with Gasteiger partial charge in [-0.05, 0) is 52.9 Å². The van der Waals surface area contributed by atoms with Gasteiger partial charge in [-0.2, -0.15) is 5.26 Å². The van der Waals surface area contributed by atoms with E-state index in [-0.39, 0.29) is 11.5 Å². The van der Waals surface area contributed by atoms with E-state index in [1.165, 1.54) is 6.07 Å². The molecule has 0 atom stereocenters. The van der Waals surface area contributed by atoms with E-state index in [0.29, 0.717) is 12.0 Å². The molecule has 0 spiro atoms. The van der Waals surface area contributed by atoms with Gasteiger partial charge in [0.1, 0.15) is 11.5 Å². The Hall–Kier alpha value is -2.73. The lowest BCUT2D eigenvalue weighted by Crippen LogP contribution is -1.90. The van der Waals surface area contributed by atoms with Gasteiger partial charge in [-0.25, -0.2) is 0 Å². The fraction of sp³-hybridized carbons (Fsp3) is 0.0625. The van der Waals surface area contributed by atoms with Crippen LogP contribution in [-0.4, -0.2) is 10.2 Å². The highest BCUT2D eigenvalue weighted by Crippen LogP contribution is 2.35. The SMILES string of the molecule is N#Cc1cc(O)cc2c1CC(c1ccc(O)cc1)=C2. The summed E-state index contributed by atoms with van der Waals surface area (Å²) in [6, 6.07) is 12.3. The Morgan fingerprint density at radius 2 is 1.74 bits per heavy atom. The topological polar surface area (TPSA) is 64.2 Å². The summed E-state index contributed by atoms with van der Waals surface area (Å²) in [5.74, 6) is 0.341. The maximum absolute atomic E-state index is 9.59. The van der Waals surface area contributed by atoms with Crippen molar-refractivity contribution in [3.63, 3.8) is 0 Å². The second-order valence-electron chi connectivity index (χ2n) is 4.57. The van der Waals surface area contributed by atoms with Crippen molar-refractivity contribution in [2.75, 3.05) is 0 Å². The molecule has 1 aliphatic rings. The van der Waals surface area contributed by atoms with Crippen molar-refractivity contribution in [3.05, 3.63) is 58.7 Å². The third-order valence-corrected chi connectivity index (χ3v) is 3.32. The highest BCUT2D eigenvalue weighted by Gasteiger charge is 2.18. The van der Waals surface area contributed by atoms with E-state index in [1.807, 2.05) is 18.2 Å². The number of nitriles is 1. The lowest BCUT2D eigenvalue weighted by atomic mass is 10.00. The number of phenolic OH excluding ortho intramolecular Hbond substituents is 2. The average Bonchev–Trinajstić information content (AvgIpc) is 2.82. The highest BCUT2D eigenvalue weighted by atomic mass is 16.3. The number of hydrogen-bond donors (Lipinski definition) is 2. The molecule has 3 nitrogen and oxygen atoms in total. The number of hydrogen-bond acceptors (Lipinski definition) is 3. The third kappa shape index (κ3) is 1.94. The molecule has 0 radical (unpaired) electrons. The molecule has 1 aliphatic carbocycles. The molecule has 19 heavy (non-hydrogen) atoms. The van der Waals surface area contributed by atoms with E-state index in [4.69, 9.17) is 5.26 Å². The predicted octanol–water partition coefficient (Wildman–Crippen LogP) is 3.07. The van der Waals surface area contributed by atoms with Gasteiger partial charge < -0.3 is 10.2 Å². The van der Waals surface area contributed by atoms with Crippen LogP contribution in [0.25, 0.3) is 11.6 Å². The molecule has 2 aromatic rings. The van der Waals surface area contributed by atoms with Gasteiger partial charge in [-0.15, -0.1) is 0 Å². The lowest BCUT2D eigenvalue weighted by molar-refractivity contribution is 0.474. The van der Waals surface area contributed by atoms with Crippen molar-refractivity contribution in [2.24, 2.45) is 0 Å². The van der Waals surface area contributed by atoms with Crippen LogP contribution in [0.4, 0.5) is 0 Å². The maximum Gasteiger partial charge on any atom is 0.117 e. The monoisotopic (exact) mass is 249 g/mol. The number of benzene rings is 2. The van der Waals surface area contributed by atoms with Gasteiger partial charge in [0.25, 0.3) is 0 Å². The predicted molar refractivity (Wildman–Crippen MR) is 72.5 cm³/mol. The van der Waals surface area contributed by atoms with Crippen LogP contribution in [0.5, 0.6) is 11.5 Å². The van der Waals surface area contributed by atoms with Crippen LogP contribution >= 0.6 is 0 Å². The molecular weight excluding hydrogens is 238 g/mol. The Kier molecular flexibility index (Phi) is 2.50. The summed E-state index contributed by atoms with van der Waals surface area (Å²) >= 11 is 0. The molecular formula is C16H11NO2. The van der Waals surface area contributed by atoms with E-state index >= 15 is 0 Å². The van der Waals surface area contributed by atoms with Crippen LogP contribution in [0.2, 0.25) is 0 Å². The van der Waals surface area contributed by atoms with Crippen molar-refractivity contribution >= 4 is 11.6 Å². The standard InChI is InChI=1S/C16H11NO2/c17-9-13-7-15(19)6-12-5-11(8-16(12)13)10-1-3-14(18)4-2-10/h1-7,18-19H,8H2. The molecule has 0 heterocycles. The van der Waals surface area contributed by atoms with Crippen molar-refractivity contribution in [1.82, 2.24) is 0 Å². The minimum absolute atomic E-state index is 0.110. The summed E-state index contributed by atoms with van der Waals surface area (Å²) in [5, 5.41) is 28.0. The molecule has 2 N–H and O–H groups in total. The number of fused-ring (bicyclic) bond motifs is 1. The van der Waals surface area contributed by atoms with Gasteiger partial charge in [0.05, 0.1) is 11.6 Å². The molecule has 0 fully saturated rings. The van der Waals surface area contributed by atoms with E-state index in [2.05, 4.69) is 6.07 Å². The fourth-order valence-corrected chi connectivity index (χ4v) is 2.39. The van der Waals surface area contributed by atoms with Crippen molar-refractivity contribution in [2.45, 2.75) is 6.42 Å². The fourth-order valence-electron chi connectivity index (χ4n) is 2.39. The average molecular weight is 249 g/mol. The number of phenols is 2. The van der Waals surface area contributed by atoms with Crippen molar-refractivity contribution in [1.29, 1.82) is 5.26 Å². The first-order valence-corrected chi connectivity index (χ1v) is 5.93. The largest absolute Gasteiger partial charge is 0.508 e. The second kappa shape index (κ2) is 4.18. The molecule has 0 saturated carbocycles. The summed E-state index contributed by atoms with van der Waals surface area (Å²) in [5.41, 5.74) is 4.44. The zero-order valence-electron chi connectivity index (χ0n) is 10.1. The molecule has 0 aliphatic heterocycles. The number of nitrogens with zero attached hydrogens (tertiary/aromatic N) is 1. The Labute approximate surface area is 110 Å². The molecule has 3 rings (SSSR count). The quantitative estimate of drug-likeness (QED) is 0.816. The summed E-state index contributed by atoms with van der Waals surface area (Å²) < 4.78 is 0. The Balaban J connectivity index is 2.05. The molecule has 0 amide bonds. The van der Waals surface area contributed by atoms with Crippen LogP contribution in [0.1, 0.15) is 22.3 Å². The molecule has 0 aromatic heterocycles. The van der Waals surface area contributed by atoms with Gasteiger partial charge in [0, 0.05) is 0 Å². The van der Waals surface area contributed by atoms with E-state index in [9.17, 15) is 10.2 Å². The molecule has 2 aromatic carbocycles. The first-order valence-electron chi connectivity index (χ1n) is 5.93. The van der Waals surface area contributed by atoms with Gasteiger partial charge in [-0.1, -0.05) is 18.2 Å². The van der Waals surface area contributed by atoms with E-state index in [0.717, 1.165) is 22.3 Å². The van der Waals surface area contributed by atoms with Crippen LogP contribution < -0.4 is 0 Å². The summed E-state index contributed by atoms with van der Waals surface area (Å²) in [6.07, 6.45) is 2.64.